The summed E-state index contributed by atoms with van der Waals surface area (Å²) in [6.45, 7) is 4.41. The van der Waals surface area contributed by atoms with Crippen LogP contribution in [0.2, 0.25) is 0 Å². The first kappa shape index (κ1) is 12.1. The third kappa shape index (κ3) is 2.35. The third-order valence-electron chi connectivity index (χ3n) is 3.54. The van der Waals surface area contributed by atoms with E-state index in [1.54, 1.807) is 4.90 Å². The fourth-order valence-electron chi connectivity index (χ4n) is 2.38. The van der Waals surface area contributed by atoms with Crippen molar-refractivity contribution in [1.29, 1.82) is 0 Å². The zero-order valence-electron chi connectivity index (χ0n) is 10.5. The maximum atomic E-state index is 12.3. The summed E-state index contributed by atoms with van der Waals surface area (Å²) >= 11 is 0. The van der Waals surface area contributed by atoms with Gasteiger partial charge in [0.2, 0.25) is 11.8 Å². The SMILES string of the molecule is C/C=C/CN1C(=O)C(C2CC2)NC(=O)C1CC. The van der Waals surface area contributed by atoms with Gasteiger partial charge in [0.05, 0.1) is 0 Å². The van der Waals surface area contributed by atoms with Crippen molar-refractivity contribution < 1.29 is 9.59 Å². The van der Waals surface area contributed by atoms with Crippen LogP contribution in [0.25, 0.3) is 0 Å². The first-order chi connectivity index (χ1) is 8.19. The highest BCUT2D eigenvalue weighted by Crippen LogP contribution is 2.35. The molecule has 2 amide bonds. The topological polar surface area (TPSA) is 49.4 Å². The van der Waals surface area contributed by atoms with Gasteiger partial charge >= 0.3 is 0 Å². The molecule has 2 rings (SSSR count). The average molecular weight is 236 g/mol. The number of nitrogens with one attached hydrogen (secondary N) is 1. The Labute approximate surface area is 102 Å². The van der Waals surface area contributed by atoms with Gasteiger partial charge in [0, 0.05) is 6.54 Å². The summed E-state index contributed by atoms with van der Waals surface area (Å²) < 4.78 is 0. The normalized spacial score (nSPS) is 29.9. The van der Waals surface area contributed by atoms with Crippen LogP contribution in [0.15, 0.2) is 12.2 Å². The lowest BCUT2D eigenvalue weighted by molar-refractivity contribution is -0.149. The molecule has 4 nitrogen and oxygen atoms in total. The van der Waals surface area contributed by atoms with Crippen molar-refractivity contribution in [1.82, 2.24) is 10.2 Å². The first-order valence-electron chi connectivity index (χ1n) is 6.41. The molecule has 1 heterocycles. The van der Waals surface area contributed by atoms with E-state index in [-0.39, 0.29) is 23.9 Å². The number of amides is 2. The molecule has 2 unspecified atom stereocenters. The molecular formula is C13H20N2O2. The van der Waals surface area contributed by atoms with Gasteiger partial charge in [-0.25, -0.2) is 0 Å². The summed E-state index contributed by atoms with van der Waals surface area (Å²) in [6, 6.07) is -0.566. The van der Waals surface area contributed by atoms with E-state index < -0.39 is 0 Å². The van der Waals surface area contributed by atoms with Gasteiger partial charge in [-0.1, -0.05) is 19.1 Å². The Bertz CT molecular complexity index is 347. The lowest BCUT2D eigenvalue weighted by Gasteiger charge is -2.38. The fourth-order valence-corrected chi connectivity index (χ4v) is 2.38. The monoisotopic (exact) mass is 236 g/mol. The molecule has 4 heteroatoms. The number of nitrogens with zero attached hydrogens (tertiary/aromatic N) is 1. The minimum absolute atomic E-state index is 0.00787. The molecule has 94 valence electrons. The number of carbonyl (C=O) groups excluding carboxylic acids is 2. The Kier molecular flexibility index (Phi) is 3.50. The smallest absolute Gasteiger partial charge is 0.246 e. The van der Waals surface area contributed by atoms with E-state index in [0.29, 0.717) is 18.9 Å². The Morgan fingerprint density at radius 1 is 1.41 bits per heavy atom. The van der Waals surface area contributed by atoms with E-state index in [2.05, 4.69) is 5.32 Å². The van der Waals surface area contributed by atoms with Crippen molar-refractivity contribution in [3.8, 4) is 0 Å². The second-order valence-electron chi connectivity index (χ2n) is 4.81. The first-order valence-corrected chi connectivity index (χ1v) is 6.41. The summed E-state index contributed by atoms with van der Waals surface area (Å²) in [5.74, 6) is 0.475. The fraction of sp³-hybridized carbons (Fsp3) is 0.692. The lowest BCUT2D eigenvalue weighted by Crippen LogP contribution is -2.63. The van der Waals surface area contributed by atoms with Gasteiger partial charge in [-0.3, -0.25) is 9.59 Å². The molecule has 17 heavy (non-hydrogen) atoms. The van der Waals surface area contributed by atoms with E-state index in [1.165, 1.54) is 0 Å². The molecule has 0 aromatic rings. The average Bonchev–Trinajstić information content (AvgIpc) is 3.13. The van der Waals surface area contributed by atoms with Crippen LogP contribution >= 0.6 is 0 Å². The minimum atomic E-state index is -0.298. The largest absolute Gasteiger partial charge is 0.342 e. The number of hydrogen-bond acceptors (Lipinski definition) is 2. The second kappa shape index (κ2) is 4.90. The van der Waals surface area contributed by atoms with Crippen molar-refractivity contribution >= 4 is 11.8 Å². The van der Waals surface area contributed by atoms with Crippen LogP contribution in [-0.4, -0.2) is 35.3 Å². The molecule has 2 fully saturated rings. The van der Waals surface area contributed by atoms with Crippen LogP contribution in [0.4, 0.5) is 0 Å². The van der Waals surface area contributed by atoms with Gasteiger partial charge in [-0.2, -0.15) is 0 Å². The van der Waals surface area contributed by atoms with Crippen molar-refractivity contribution in [3.63, 3.8) is 0 Å². The summed E-state index contributed by atoms with van der Waals surface area (Å²) in [4.78, 5) is 26.0. The van der Waals surface area contributed by atoms with Gasteiger partial charge in [0.1, 0.15) is 12.1 Å². The summed E-state index contributed by atoms with van der Waals surface area (Å²) in [5, 5.41) is 2.88. The van der Waals surface area contributed by atoms with Crippen LogP contribution in [0.5, 0.6) is 0 Å². The van der Waals surface area contributed by atoms with Gasteiger partial charge in [0.15, 0.2) is 0 Å². The molecule has 0 aromatic heterocycles. The molecule has 0 radical (unpaired) electrons. The molecular weight excluding hydrogens is 216 g/mol. The number of piperazine rings is 1. The molecule has 0 bridgehead atoms. The predicted octanol–water partition coefficient (Wildman–Crippen LogP) is 1.08. The maximum absolute atomic E-state index is 12.3. The standard InChI is InChI=1S/C13H20N2O2/c1-3-5-8-15-10(4-2)12(16)14-11(13(15)17)9-6-7-9/h3,5,9-11H,4,6-8H2,1-2H3,(H,14,16)/b5-3+. The predicted molar refractivity (Wildman–Crippen MR) is 65.3 cm³/mol. The van der Waals surface area contributed by atoms with E-state index in [0.717, 1.165) is 12.8 Å². The van der Waals surface area contributed by atoms with E-state index in [4.69, 9.17) is 0 Å². The summed E-state index contributed by atoms with van der Waals surface area (Å²) in [6.07, 6.45) is 6.64. The quantitative estimate of drug-likeness (QED) is 0.742. The van der Waals surface area contributed by atoms with Gasteiger partial charge in [-0.15, -0.1) is 0 Å². The molecule has 2 aliphatic rings. The van der Waals surface area contributed by atoms with Crippen LogP contribution in [-0.2, 0) is 9.59 Å². The molecule has 1 saturated heterocycles. The number of allylic oxidation sites excluding steroid dienone is 1. The summed E-state index contributed by atoms with van der Waals surface area (Å²) in [7, 11) is 0. The van der Waals surface area contributed by atoms with Gasteiger partial charge < -0.3 is 10.2 Å². The number of hydrogen-bond donors (Lipinski definition) is 1. The minimum Gasteiger partial charge on any atom is -0.342 e. The van der Waals surface area contributed by atoms with E-state index in [1.807, 2.05) is 26.0 Å². The Morgan fingerprint density at radius 2 is 2.12 bits per heavy atom. The Hall–Kier alpha value is -1.32. The van der Waals surface area contributed by atoms with Crippen LogP contribution in [0, 0.1) is 5.92 Å². The second-order valence-corrected chi connectivity index (χ2v) is 4.81. The van der Waals surface area contributed by atoms with Crippen LogP contribution < -0.4 is 5.32 Å². The van der Waals surface area contributed by atoms with Gasteiger partial charge in [0.25, 0.3) is 0 Å². The molecule has 1 aliphatic heterocycles. The number of rotatable bonds is 4. The highest BCUT2D eigenvalue weighted by atomic mass is 16.2. The van der Waals surface area contributed by atoms with E-state index in [9.17, 15) is 9.59 Å². The molecule has 2 atom stereocenters. The molecule has 1 saturated carbocycles. The third-order valence-corrected chi connectivity index (χ3v) is 3.54. The van der Waals surface area contributed by atoms with Crippen LogP contribution in [0.3, 0.4) is 0 Å². The molecule has 1 N–H and O–H groups in total. The highest BCUT2D eigenvalue weighted by Gasteiger charge is 2.45. The molecule has 1 aliphatic carbocycles. The molecule has 0 aromatic carbocycles. The van der Waals surface area contributed by atoms with E-state index >= 15 is 0 Å². The van der Waals surface area contributed by atoms with Crippen molar-refractivity contribution in [3.05, 3.63) is 12.2 Å². The van der Waals surface area contributed by atoms with Gasteiger partial charge in [-0.05, 0) is 32.1 Å². The molecule has 0 spiro atoms. The number of carbonyl (C=O) groups is 2. The zero-order chi connectivity index (χ0) is 12.4. The zero-order valence-corrected chi connectivity index (χ0v) is 10.5. The van der Waals surface area contributed by atoms with Crippen molar-refractivity contribution in [2.45, 2.75) is 45.2 Å². The lowest BCUT2D eigenvalue weighted by atomic mass is 10.0. The van der Waals surface area contributed by atoms with Crippen molar-refractivity contribution in [2.75, 3.05) is 6.54 Å². The maximum Gasteiger partial charge on any atom is 0.246 e. The Balaban J connectivity index is 2.15. The summed E-state index contributed by atoms with van der Waals surface area (Å²) in [5.41, 5.74) is 0. The van der Waals surface area contributed by atoms with Crippen LogP contribution in [0.1, 0.15) is 33.1 Å². The van der Waals surface area contributed by atoms with Crippen molar-refractivity contribution in [2.24, 2.45) is 5.92 Å². The Morgan fingerprint density at radius 3 is 2.65 bits per heavy atom. The highest BCUT2D eigenvalue weighted by molar-refractivity contribution is 5.97.